The van der Waals surface area contributed by atoms with Crippen molar-refractivity contribution in [3.05, 3.63) is 101 Å². The highest BCUT2D eigenvalue weighted by atomic mass is 16.5. The summed E-state index contributed by atoms with van der Waals surface area (Å²) < 4.78 is 10.8. The average Bonchev–Trinajstić information content (AvgIpc) is 3.36. The fourth-order valence-corrected chi connectivity index (χ4v) is 4.71. The predicted molar refractivity (Wildman–Crippen MR) is 140 cm³/mol. The van der Waals surface area contributed by atoms with Gasteiger partial charge in [0.2, 0.25) is 5.91 Å². The third-order valence-electron chi connectivity index (χ3n) is 6.66. The van der Waals surface area contributed by atoms with Crippen molar-refractivity contribution in [1.82, 2.24) is 10.2 Å². The van der Waals surface area contributed by atoms with E-state index in [4.69, 9.17) is 9.47 Å². The zero-order chi connectivity index (χ0) is 27.1. The average molecular weight is 512 g/mol. The number of hydrogen-bond donors (Lipinski definition) is 1. The fraction of sp³-hybridized carbons (Fsp3) is 0.267. The molecule has 194 valence electrons. The van der Waals surface area contributed by atoms with Crippen LogP contribution in [0.5, 0.6) is 5.75 Å². The molecule has 0 saturated carbocycles. The number of aryl methyl sites for hydroxylation is 1. The van der Waals surface area contributed by atoms with Crippen LogP contribution in [0.3, 0.4) is 0 Å². The third kappa shape index (κ3) is 6.01. The van der Waals surface area contributed by atoms with E-state index in [-0.39, 0.29) is 25.5 Å². The minimum absolute atomic E-state index is 0.0914. The van der Waals surface area contributed by atoms with E-state index in [0.717, 1.165) is 11.1 Å². The van der Waals surface area contributed by atoms with Crippen LogP contribution in [0.1, 0.15) is 34.7 Å². The minimum atomic E-state index is -0.919. The van der Waals surface area contributed by atoms with Crippen molar-refractivity contribution in [1.29, 1.82) is 5.26 Å². The molecule has 1 fully saturated rings. The van der Waals surface area contributed by atoms with Crippen molar-refractivity contribution in [2.24, 2.45) is 5.92 Å². The SMILES string of the molecule is COC(=O)C1CC(C(=O)NCc2ccc(C)cc2)N(C(=O)COc2ccccc2)C1c1ccc(C#N)cc1. The number of methoxy groups -OCH3 is 1. The van der Waals surface area contributed by atoms with Crippen LogP contribution in [-0.4, -0.2) is 42.4 Å². The Hall–Kier alpha value is -4.64. The third-order valence-corrected chi connectivity index (χ3v) is 6.66. The lowest BCUT2D eigenvalue weighted by molar-refractivity contribution is -0.148. The summed E-state index contributed by atoms with van der Waals surface area (Å²) in [6.45, 7) is 1.95. The lowest BCUT2D eigenvalue weighted by Gasteiger charge is -2.31. The monoisotopic (exact) mass is 511 g/mol. The lowest BCUT2D eigenvalue weighted by Crippen LogP contribution is -2.48. The van der Waals surface area contributed by atoms with Gasteiger partial charge in [0.05, 0.1) is 30.7 Å². The number of nitriles is 1. The molecule has 0 spiro atoms. The Morgan fingerprint density at radius 1 is 1.00 bits per heavy atom. The summed E-state index contributed by atoms with van der Waals surface area (Å²) in [4.78, 5) is 41.4. The molecule has 3 atom stereocenters. The minimum Gasteiger partial charge on any atom is -0.484 e. The molecule has 38 heavy (non-hydrogen) atoms. The zero-order valence-electron chi connectivity index (χ0n) is 21.3. The maximum atomic E-state index is 13.6. The van der Waals surface area contributed by atoms with Gasteiger partial charge in [0.15, 0.2) is 6.61 Å². The molecule has 1 aliphatic heterocycles. The number of hydrogen-bond acceptors (Lipinski definition) is 6. The maximum absolute atomic E-state index is 13.6. The van der Waals surface area contributed by atoms with Crippen molar-refractivity contribution in [3.63, 3.8) is 0 Å². The number of carbonyl (C=O) groups is 3. The molecule has 1 N–H and O–H groups in total. The Morgan fingerprint density at radius 2 is 1.68 bits per heavy atom. The van der Waals surface area contributed by atoms with Gasteiger partial charge in [-0.3, -0.25) is 14.4 Å². The fourth-order valence-electron chi connectivity index (χ4n) is 4.71. The lowest BCUT2D eigenvalue weighted by atomic mass is 9.92. The summed E-state index contributed by atoms with van der Waals surface area (Å²) in [6, 6.07) is 23.7. The van der Waals surface area contributed by atoms with E-state index in [2.05, 4.69) is 11.4 Å². The predicted octanol–water partition coefficient (Wildman–Crippen LogP) is 3.69. The van der Waals surface area contributed by atoms with Crippen LogP contribution in [0.2, 0.25) is 0 Å². The summed E-state index contributed by atoms with van der Waals surface area (Å²) in [5.41, 5.74) is 3.10. The van der Waals surface area contributed by atoms with Gasteiger partial charge in [0, 0.05) is 6.54 Å². The topological polar surface area (TPSA) is 109 Å². The molecule has 8 heteroatoms. The van der Waals surface area contributed by atoms with Crippen molar-refractivity contribution < 1.29 is 23.9 Å². The molecular weight excluding hydrogens is 482 g/mol. The number of likely N-dealkylation sites (tertiary alicyclic amines) is 1. The second-order valence-corrected chi connectivity index (χ2v) is 9.17. The van der Waals surface area contributed by atoms with Gasteiger partial charge in [-0.2, -0.15) is 5.26 Å². The number of nitrogens with one attached hydrogen (secondary N) is 1. The molecule has 1 saturated heterocycles. The van der Waals surface area contributed by atoms with Crippen molar-refractivity contribution in [2.45, 2.75) is 32.0 Å². The van der Waals surface area contributed by atoms with Gasteiger partial charge in [-0.15, -0.1) is 0 Å². The number of amides is 2. The van der Waals surface area contributed by atoms with E-state index in [0.29, 0.717) is 16.9 Å². The molecule has 1 heterocycles. The first-order chi connectivity index (χ1) is 18.4. The van der Waals surface area contributed by atoms with E-state index in [1.807, 2.05) is 37.3 Å². The van der Waals surface area contributed by atoms with Crippen LogP contribution in [0.25, 0.3) is 0 Å². The van der Waals surface area contributed by atoms with Crippen molar-refractivity contribution >= 4 is 17.8 Å². The first-order valence-electron chi connectivity index (χ1n) is 12.3. The van der Waals surface area contributed by atoms with Crippen LogP contribution < -0.4 is 10.1 Å². The largest absolute Gasteiger partial charge is 0.484 e. The first-order valence-corrected chi connectivity index (χ1v) is 12.3. The molecule has 3 unspecified atom stereocenters. The molecular formula is C30H29N3O5. The summed E-state index contributed by atoms with van der Waals surface area (Å²) >= 11 is 0. The second kappa shape index (κ2) is 12.1. The van der Waals surface area contributed by atoms with E-state index in [1.54, 1.807) is 48.5 Å². The molecule has 3 aromatic carbocycles. The second-order valence-electron chi connectivity index (χ2n) is 9.17. The van der Waals surface area contributed by atoms with E-state index < -0.39 is 29.9 Å². The molecule has 0 aliphatic carbocycles. The zero-order valence-corrected chi connectivity index (χ0v) is 21.3. The number of ether oxygens (including phenoxy) is 2. The van der Waals surface area contributed by atoms with E-state index >= 15 is 0 Å². The quantitative estimate of drug-likeness (QED) is 0.462. The van der Waals surface area contributed by atoms with Gasteiger partial charge in [-0.05, 0) is 48.7 Å². The summed E-state index contributed by atoms with van der Waals surface area (Å²) in [5, 5.41) is 12.1. The van der Waals surface area contributed by atoms with Crippen LogP contribution in [0.4, 0.5) is 0 Å². The van der Waals surface area contributed by atoms with Gasteiger partial charge in [-0.1, -0.05) is 60.2 Å². The number of rotatable bonds is 8. The summed E-state index contributed by atoms with van der Waals surface area (Å²) in [7, 11) is 1.29. The number of benzene rings is 3. The van der Waals surface area contributed by atoms with Gasteiger partial charge >= 0.3 is 5.97 Å². The molecule has 8 nitrogen and oxygen atoms in total. The normalized spacial score (nSPS) is 18.3. The highest BCUT2D eigenvalue weighted by molar-refractivity contribution is 5.91. The highest BCUT2D eigenvalue weighted by Crippen LogP contribution is 2.42. The molecule has 4 rings (SSSR count). The maximum Gasteiger partial charge on any atom is 0.311 e. The van der Waals surface area contributed by atoms with E-state index in [9.17, 15) is 19.6 Å². The Bertz CT molecular complexity index is 1320. The Labute approximate surface area is 221 Å². The van der Waals surface area contributed by atoms with Crippen LogP contribution in [-0.2, 0) is 25.7 Å². The van der Waals surface area contributed by atoms with Crippen LogP contribution >= 0.6 is 0 Å². The Kier molecular flexibility index (Phi) is 8.39. The number of nitrogens with zero attached hydrogens (tertiary/aromatic N) is 2. The summed E-state index contributed by atoms with van der Waals surface area (Å²) in [5.74, 6) is -1.59. The number of carbonyl (C=O) groups excluding carboxylic acids is 3. The van der Waals surface area contributed by atoms with Crippen molar-refractivity contribution in [3.8, 4) is 11.8 Å². The van der Waals surface area contributed by atoms with Gasteiger partial charge < -0.3 is 19.7 Å². The number of para-hydroxylation sites is 1. The first kappa shape index (κ1) is 26.4. The van der Waals surface area contributed by atoms with Crippen molar-refractivity contribution in [2.75, 3.05) is 13.7 Å². The smallest absolute Gasteiger partial charge is 0.311 e. The van der Waals surface area contributed by atoms with Gasteiger partial charge in [0.1, 0.15) is 11.8 Å². The molecule has 0 aromatic heterocycles. The Balaban J connectivity index is 1.64. The number of esters is 1. The molecule has 1 aliphatic rings. The van der Waals surface area contributed by atoms with Gasteiger partial charge in [-0.25, -0.2) is 0 Å². The van der Waals surface area contributed by atoms with Crippen LogP contribution in [0.15, 0.2) is 78.9 Å². The van der Waals surface area contributed by atoms with Gasteiger partial charge in [0.25, 0.3) is 5.91 Å². The summed E-state index contributed by atoms with van der Waals surface area (Å²) in [6.07, 6.45) is 0.0914. The Morgan fingerprint density at radius 3 is 2.32 bits per heavy atom. The standard InChI is InChI=1S/C30H29N3O5/c1-20-8-10-22(11-9-20)18-32-29(35)26-16-25(30(36)37-2)28(23-14-12-21(17-31)13-15-23)33(26)27(34)19-38-24-6-4-3-5-7-24/h3-15,25-26,28H,16,18-19H2,1-2H3,(H,32,35). The highest BCUT2D eigenvalue weighted by Gasteiger charge is 2.50. The molecule has 2 amide bonds. The molecule has 3 aromatic rings. The van der Waals surface area contributed by atoms with Crippen LogP contribution in [0, 0.1) is 24.2 Å². The molecule has 0 radical (unpaired) electrons. The van der Waals surface area contributed by atoms with E-state index in [1.165, 1.54) is 12.0 Å². The molecule has 0 bridgehead atoms.